The van der Waals surface area contributed by atoms with Crippen LogP contribution in [0.3, 0.4) is 0 Å². The molecule has 0 bridgehead atoms. The summed E-state index contributed by atoms with van der Waals surface area (Å²) < 4.78 is 0.425. The van der Waals surface area contributed by atoms with Gasteiger partial charge in [0.1, 0.15) is 5.82 Å². The first kappa shape index (κ1) is 12.1. The molecule has 1 atom stereocenters. The Morgan fingerprint density at radius 1 is 1.32 bits per heavy atom. The topological polar surface area (TPSA) is 64.8 Å². The predicted molar refractivity (Wildman–Crippen MR) is 72.7 cm³/mol. The normalized spacial score (nSPS) is 19.1. The molecule has 0 spiro atoms. The second-order valence-electron chi connectivity index (χ2n) is 4.61. The second-order valence-corrected chi connectivity index (χ2v) is 5.00. The molecule has 3 rings (SSSR count). The third-order valence-corrected chi connectivity index (χ3v) is 3.55. The van der Waals surface area contributed by atoms with E-state index in [4.69, 9.17) is 12.2 Å². The van der Waals surface area contributed by atoms with Crippen LogP contribution in [0.5, 0.6) is 0 Å². The van der Waals surface area contributed by atoms with Crippen molar-refractivity contribution in [3.63, 3.8) is 0 Å². The van der Waals surface area contributed by atoms with Gasteiger partial charge in [0.2, 0.25) is 10.7 Å². The molecule has 6 heteroatoms. The van der Waals surface area contributed by atoms with E-state index in [0.717, 1.165) is 17.8 Å². The van der Waals surface area contributed by atoms with Crippen molar-refractivity contribution in [1.82, 2.24) is 20.1 Å². The van der Waals surface area contributed by atoms with Gasteiger partial charge in [0.05, 0.1) is 6.04 Å². The quantitative estimate of drug-likeness (QED) is 0.844. The first-order valence-electron chi connectivity index (χ1n) is 6.22. The number of H-pyrrole nitrogens is 2. The van der Waals surface area contributed by atoms with Gasteiger partial charge in [-0.05, 0) is 24.2 Å². The predicted octanol–water partition coefficient (Wildman–Crippen LogP) is 2.33. The third kappa shape index (κ3) is 2.44. The van der Waals surface area contributed by atoms with E-state index in [0.29, 0.717) is 17.7 Å². The van der Waals surface area contributed by atoms with Gasteiger partial charge in [-0.2, -0.15) is 0 Å². The zero-order valence-electron chi connectivity index (χ0n) is 10.3. The van der Waals surface area contributed by atoms with Gasteiger partial charge in [-0.15, -0.1) is 0 Å². The summed E-state index contributed by atoms with van der Waals surface area (Å²) in [6.07, 6.45) is 1.34. The molecule has 1 aliphatic rings. The highest BCUT2D eigenvalue weighted by Crippen LogP contribution is 2.31. The molecule has 5 nitrogen and oxygen atoms in total. The standard InChI is InChI=1S/C13H14N4OS/c18-11-7-6-10(12-14-13(19)16-15-12)17(11)8-9-4-2-1-3-5-9/h1-5,10H,6-8H2,(H2,14,15,16,19)/t10-/m1/s1. The average Bonchev–Trinajstić information content (AvgIpc) is 2.99. The maximum atomic E-state index is 12.0. The smallest absolute Gasteiger partial charge is 0.223 e. The lowest BCUT2D eigenvalue weighted by Crippen LogP contribution is -2.27. The summed E-state index contributed by atoms with van der Waals surface area (Å²) >= 11 is 4.96. The highest BCUT2D eigenvalue weighted by molar-refractivity contribution is 7.71. The van der Waals surface area contributed by atoms with Gasteiger partial charge in [0, 0.05) is 13.0 Å². The van der Waals surface area contributed by atoms with E-state index in [-0.39, 0.29) is 11.9 Å². The van der Waals surface area contributed by atoms with Crippen LogP contribution in [-0.2, 0) is 11.3 Å². The van der Waals surface area contributed by atoms with Gasteiger partial charge < -0.3 is 4.90 Å². The molecule has 0 aliphatic carbocycles. The second kappa shape index (κ2) is 4.97. The number of aromatic amines is 2. The fourth-order valence-electron chi connectivity index (χ4n) is 2.44. The zero-order valence-corrected chi connectivity index (χ0v) is 11.1. The number of rotatable bonds is 3. The van der Waals surface area contributed by atoms with Crippen molar-refractivity contribution < 1.29 is 4.79 Å². The molecule has 2 aromatic rings. The van der Waals surface area contributed by atoms with Crippen LogP contribution in [-0.4, -0.2) is 26.0 Å². The van der Waals surface area contributed by atoms with E-state index in [2.05, 4.69) is 15.2 Å². The molecule has 1 amide bonds. The first-order valence-corrected chi connectivity index (χ1v) is 6.63. The number of hydrogen-bond acceptors (Lipinski definition) is 3. The fourth-order valence-corrected chi connectivity index (χ4v) is 2.59. The Bertz CT molecular complexity index is 633. The van der Waals surface area contributed by atoms with Crippen molar-refractivity contribution in [2.45, 2.75) is 25.4 Å². The molecule has 2 N–H and O–H groups in total. The van der Waals surface area contributed by atoms with Crippen molar-refractivity contribution in [3.8, 4) is 0 Å². The maximum Gasteiger partial charge on any atom is 0.223 e. The Hall–Kier alpha value is -1.95. The minimum absolute atomic E-state index is 0.0133. The van der Waals surface area contributed by atoms with Crippen LogP contribution in [0.25, 0.3) is 0 Å². The van der Waals surface area contributed by atoms with Crippen molar-refractivity contribution in [2.24, 2.45) is 0 Å². The van der Waals surface area contributed by atoms with Gasteiger partial charge in [-0.25, -0.2) is 4.98 Å². The summed E-state index contributed by atoms with van der Waals surface area (Å²) in [4.78, 5) is 18.1. The Kier molecular flexibility index (Phi) is 3.16. The van der Waals surface area contributed by atoms with Gasteiger partial charge in [-0.1, -0.05) is 30.3 Å². The molecule has 0 saturated carbocycles. The molecule has 1 aromatic carbocycles. The van der Waals surface area contributed by atoms with Crippen LogP contribution in [0.1, 0.15) is 30.3 Å². The lowest BCUT2D eigenvalue weighted by molar-refractivity contribution is -0.129. The summed E-state index contributed by atoms with van der Waals surface area (Å²) in [5, 5.41) is 5.74. The number of carbonyl (C=O) groups excluding carboxylic acids is 1. The Morgan fingerprint density at radius 3 is 2.79 bits per heavy atom. The van der Waals surface area contributed by atoms with Crippen LogP contribution >= 0.6 is 12.2 Å². The number of nitrogens with zero attached hydrogens (tertiary/aromatic N) is 2. The molecule has 1 aliphatic heterocycles. The molecule has 2 heterocycles. The fraction of sp³-hybridized carbons (Fsp3) is 0.308. The Balaban J connectivity index is 1.85. The summed E-state index contributed by atoms with van der Waals surface area (Å²) in [6, 6.07) is 9.96. The average molecular weight is 274 g/mol. The lowest BCUT2D eigenvalue weighted by Gasteiger charge is -2.23. The summed E-state index contributed by atoms with van der Waals surface area (Å²) in [6.45, 7) is 0.609. The number of aromatic nitrogens is 3. The van der Waals surface area contributed by atoms with E-state index in [1.54, 1.807) is 0 Å². The molecule has 1 aromatic heterocycles. The number of likely N-dealkylation sites (tertiary alicyclic amines) is 1. The maximum absolute atomic E-state index is 12.0. The Labute approximate surface area is 115 Å². The number of benzene rings is 1. The van der Waals surface area contributed by atoms with Crippen molar-refractivity contribution >= 4 is 18.1 Å². The van der Waals surface area contributed by atoms with Crippen molar-refractivity contribution in [3.05, 3.63) is 46.5 Å². The van der Waals surface area contributed by atoms with Crippen molar-refractivity contribution in [1.29, 1.82) is 0 Å². The van der Waals surface area contributed by atoms with Crippen molar-refractivity contribution in [2.75, 3.05) is 0 Å². The number of amides is 1. The van der Waals surface area contributed by atoms with E-state index in [1.165, 1.54) is 0 Å². The zero-order chi connectivity index (χ0) is 13.2. The third-order valence-electron chi connectivity index (χ3n) is 3.36. The van der Waals surface area contributed by atoms with Crippen LogP contribution in [0.15, 0.2) is 30.3 Å². The van der Waals surface area contributed by atoms with Crippen LogP contribution in [0, 0.1) is 4.77 Å². The van der Waals surface area contributed by atoms with Gasteiger partial charge in [0.25, 0.3) is 0 Å². The summed E-state index contributed by atoms with van der Waals surface area (Å²) in [7, 11) is 0. The highest BCUT2D eigenvalue weighted by atomic mass is 32.1. The van der Waals surface area contributed by atoms with Gasteiger partial charge in [-0.3, -0.25) is 15.0 Å². The largest absolute Gasteiger partial charge is 0.328 e. The minimum Gasteiger partial charge on any atom is -0.328 e. The molecule has 98 valence electrons. The monoisotopic (exact) mass is 274 g/mol. The molecule has 1 fully saturated rings. The number of nitrogens with one attached hydrogen (secondary N) is 2. The minimum atomic E-state index is -0.0133. The summed E-state index contributed by atoms with van der Waals surface area (Å²) in [5.41, 5.74) is 1.12. The summed E-state index contributed by atoms with van der Waals surface area (Å²) in [5.74, 6) is 0.906. The lowest BCUT2D eigenvalue weighted by atomic mass is 10.2. The highest BCUT2D eigenvalue weighted by Gasteiger charge is 2.33. The molecule has 0 radical (unpaired) electrons. The van der Waals surface area contributed by atoms with Crippen LogP contribution in [0.2, 0.25) is 0 Å². The SMILES string of the molecule is O=C1CC[C@H](c2nc(=S)[nH][nH]2)N1Cc1ccccc1. The molecular formula is C13H14N4OS. The van der Waals surface area contributed by atoms with E-state index >= 15 is 0 Å². The molecular weight excluding hydrogens is 260 g/mol. The number of hydrogen-bond donors (Lipinski definition) is 2. The first-order chi connectivity index (χ1) is 9.24. The van der Waals surface area contributed by atoms with Crippen LogP contribution in [0.4, 0.5) is 0 Å². The van der Waals surface area contributed by atoms with E-state index in [1.807, 2.05) is 35.2 Å². The van der Waals surface area contributed by atoms with E-state index < -0.39 is 0 Å². The van der Waals surface area contributed by atoms with Gasteiger partial charge >= 0.3 is 0 Å². The van der Waals surface area contributed by atoms with Crippen LogP contribution < -0.4 is 0 Å². The molecule has 1 saturated heterocycles. The molecule has 19 heavy (non-hydrogen) atoms. The van der Waals surface area contributed by atoms with E-state index in [9.17, 15) is 4.79 Å². The number of carbonyl (C=O) groups is 1. The van der Waals surface area contributed by atoms with Gasteiger partial charge in [0.15, 0.2) is 0 Å². The Morgan fingerprint density at radius 2 is 2.11 bits per heavy atom. The molecule has 0 unspecified atom stereocenters.